The first kappa shape index (κ1) is 14.4. The van der Waals surface area contributed by atoms with E-state index in [1.54, 1.807) is 0 Å². The summed E-state index contributed by atoms with van der Waals surface area (Å²) in [5, 5.41) is 4.10. The second kappa shape index (κ2) is 5.66. The Hall–Kier alpha value is -1.59. The average Bonchev–Trinajstić information content (AvgIpc) is 3.03. The number of hydrogen-bond acceptors (Lipinski definition) is 4. The maximum absolute atomic E-state index is 6.30. The molecule has 110 valence electrons. The van der Waals surface area contributed by atoms with Gasteiger partial charge in [-0.1, -0.05) is 11.6 Å². The van der Waals surface area contributed by atoms with Gasteiger partial charge in [0.25, 0.3) is 0 Å². The fraction of sp³-hybridized carbons (Fsp3) is 0.333. The van der Waals surface area contributed by atoms with Crippen molar-refractivity contribution in [1.82, 2.24) is 13.3 Å². The van der Waals surface area contributed by atoms with E-state index < -0.39 is 0 Å². The molecule has 2 heterocycles. The Kier molecular flexibility index (Phi) is 3.87. The summed E-state index contributed by atoms with van der Waals surface area (Å²) >= 11 is 7.51. The molecule has 0 amide bonds. The summed E-state index contributed by atoms with van der Waals surface area (Å²) in [4.78, 5) is 0. The van der Waals surface area contributed by atoms with Crippen LogP contribution in [0.1, 0.15) is 23.9 Å². The van der Waals surface area contributed by atoms with Gasteiger partial charge in [0.1, 0.15) is 11.0 Å². The number of hydrogen-bond donors (Lipinski definition) is 1. The van der Waals surface area contributed by atoms with Gasteiger partial charge < -0.3 is 9.88 Å². The number of fused-ring (bicyclic) bond motifs is 1. The van der Waals surface area contributed by atoms with Crippen molar-refractivity contribution in [2.24, 2.45) is 0 Å². The van der Waals surface area contributed by atoms with Crippen LogP contribution in [0.4, 0.5) is 5.69 Å². The van der Waals surface area contributed by atoms with E-state index in [2.05, 4.69) is 45.5 Å². The minimum Gasteiger partial charge on any atom is -0.378 e. The van der Waals surface area contributed by atoms with Gasteiger partial charge in [-0.05, 0) is 44.5 Å². The summed E-state index contributed by atoms with van der Waals surface area (Å²) in [6.07, 6.45) is 0. The number of halogens is 1. The average molecular weight is 321 g/mol. The molecule has 0 bridgehead atoms. The molecule has 0 atom stereocenters. The molecule has 0 aliphatic heterocycles. The zero-order chi connectivity index (χ0) is 15.0. The maximum Gasteiger partial charge on any atom is 0.129 e. The molecule has 1 aromatic carbocycles. The summed E-state index contributed by atoms with van der Waals surface area (Å²) in [7, 11) is 0. The van der Waals surface area contributed by atoms with Crippen molar-refractivity contribution in [3.8, 4) is 0 Å². The van der Waals surface area contributed by atoms with Crippen molar-refractivity contribution in [2.45, 2.75) is 33.9 Å². The predicted molar refractivity (Wildman–Crippen MR) is 89.3 cm³/mol. The van der Waals surface area contributed by atoms with Gasteiger partial charge in [-0.25, -0.2) is 0 Å². The van der Waals surface area contributed by atoms with E-state index in [-0.39, 0.29) is 0 Å². The number of benzene rings is 1. The Bertz CT molecular complexity index is 790. The standard InChI is InChI=1S/C15H17ClN4S/c1-4-20-9(2)7-11(10(20)3)8-17-14-12(16)5-6-13-15(14)19-21-18-13/h5-7,17H,4,8H2,1-3H3. The molecule has 21 heavy (non-hydrogen) atoms. The molecule has 4 nitrogen and oxygen atoms in total. The fourth-order valence-electron chi connectivity index (χ4n) is 2.72. The number of nitrogens with one attached hydrogen (secondary N) is 1. The Morgan fingerprint density at radius 3 is 2.81 bits per heavy atom. The van der Waals surface area contributed by atoms with Crippen LogP contribution in [0, 0.1) is 13.8 Å². The van der Waals surface area contributed by atoms with E-state index in [1.807, 2.05) is 12.1 Å². The molecule has 0 saturated heterocycles. The number of rotatable bonds is 4. The molecule has 0 saturated carbocycles. The van der Waals surface area contributed by atoms with Crippen molar-refractivity contribution in [3.63, 3.8) is 0 Å². The third-order valence-corrected chi connectivity index (χ3v) is 4.68. The first-order valence-electron chi connectivity index (χ1n) is 6.92. The molecule has 1 N–H and O–H groups in total. The van der Waals surface area contributed by atoms with Crippen molar-refractivity contribution in [3.05, 3.63) is 40.2 Å². The lowest BCUT2D eigenvalue weighted by Crippen LogP contribution is -2.04. The number of aromatic nitrogens is 3. The number of nitrogens with zero attached hydrogens (tertiary/aromatic N) is 3. The monoisotopic (exact) mass is 320 g/mol. The maximum atomic E-state index is 6.30. The first-order valence-corrected chi connectivity index (χ1v) is 8.03. The smallest absolute Gasteiger partial charge is 0.129 e. The van der Waals surface area contributed by atoms with Crippen molar-refractivity contribution in [2.75, 3.05) is 5.32 Å². The van der Waals surface area contributed by atoms with E-state index >= 15 is 0 Å². The van der Waals surface area contributed by atoms with E-state index in [0.29, 0.717) is 5.02 Å². The van der Waals surface area contributed by atoms with Crippen LogP contribution in [0.2, 0.25) is 5.02 Å². The quantitative estimate of drug-likeness (QED) is 0.775. The molecule has 0 unspecified atom stereocenters. The lowest BCUT2D eigenvalue weighted by Gasteiger charge is -2.10. The largest absolute Gasteiger partial charge is 0.378 e. The molecule has 2 aromatic heterocycles. The summed E-state index contributed by atoms with van der Waals surface area (Å²) in [6.45, 7) is 8.17. The van der Waals surface area contributed by atoms with Crippen molar-refractivity contribution < 1.29 is 0 Å². The van der Waals surface area contributed by atoms with Crippen LogP contribution in [0.15, 0.2) is 18.2 Å². The Labute approximate surface area is 133 Å². The molecule has 0 radical (unpaired) electrons. The topological polar surface area (TPSA) is 42.7 Å². The van der Waals surface area contributed by atoms with Crippen molar-refractivity contribution in [1.29, 1.82) is 0 Å². The Morgan fingerprint density at radius 2 is 2.10 bits per heavy atom. The van der Waals surface area contributed by atoms with Gasteiger partial charge in [0.15, 0.2) is 0 Å². The minimum atomic E-state index is 0.680. The SMILES string of the molecule is CCn1c(C)cc(CNc2c(Cl)ccc3nsnc23)c1C. The molecule has 0 spiro atoms. The molecule has 0 aliphatic carbocycles. The van der Waals surface area contributed by atoms with Crippen LogP contribution >= 0.6 is 23.3 Å². The Morgan fingerprint density at radius 1 is 1.29 bits per heavy atom. The van der Waals surface area contributed by atoms with Gasteiger partial charge >= 0.3 is 0 Å². The highest BCUT2D eigenvalue weighted by Gasteiger charge is 2.12. The first-order chi connectivity index (χ1) is 10.1. The van der Waals surface area contributed by atoms with Gasteiger partial charge in [0.05, 0.1) is 22.4 Å². The highest BCUT2D eigenvalue weighted by atomic mass is 35.5. The van der Waals surface area contributed by atoms with Gasteiger partial charge in [0.2, 0.25) is 0 Å². The zero-order valence-corrected chi connectivity index (χ0v) is 13.8. The van der Waals surface area contributed by atoms with Crippen LogP contribution in [0.5, 0.6) is 0 Å². The van der Waals surface area contributed by atoms with Crippen LogP contribution in [0.3, 0.4) is 0 Å². The zero-order valence-electron chi connectivity index (χ0n) is 12.3. The lowest BCUT2D eigenvalue weighted by atomic mass is 10.2. The summed E-state index contributed by atoms with van der Waals surface area (Å²) < 4.78 is 10.9. The second-order valence-corrected chi connectivity index (χ2v) is 5.98. The van der Waals surface area contributed by atoms with E-state index in [9.17, 15) is 0 Å². The van der Waals surface area contributed by atoms with E-state index in [1.165, 1.54) is 28.7 Å². The summed E-state index contributed by atoms with van der Waals surface area (Å²) in [6, 6.07) is 5.98. The van der Waals surface area contributed by atoms with Crippen LogP contribution in [-0.4, -0.2) is 13.3 Å². The predicted octanol–water partition coefficient (Wildman–Crippen LogP) is 4.40. The molecule has 0 fully saturated rings. The van der Waals surface area contributed by atoms with Gasteiger partial charge in [-0.3, -0.25) is 0 Å². The molecular formula is C15H17ClN4S. The third-order valence-electron chi connectivity index (χ3n) is 3.83. The third kappa shape index (κ3) is 2.51. The van der Waals surface area contributed by atoms with E-state index in [4.69, 9.17) is 11.6 Å². The molecular weight excluding hydrogens is 304 g/mol. The van der Waals surface area contributed by atoms with Crippen LogP contribution in [-0.2, 0) is 13.1 Å². The van der Waals surface area contributed by atoms with Crippen molar-refractivity contribution >= 4 is 40.0 Å². The normalized spacial score (nSPS) is 11.2. The Balaban J connectivity index is 1.90. The summed E-state index contributed by atoms with van der Waals surface area (Å²) in [5.74, 6) is 0. The highest BCUT2D eigenvalue weighted by molar-refractivity contribution is 7.00. The number of aryl methyl sites for hydroxylation is 1. The highest BCUT2D eigenvalue weighted by Crippen LogP contribution is 2.30. The summed E-state index contributed by atoms with van der Waals surface area (Å²) in [5.41, 5.74) is 6.45. The molecule has 6 heteroatoms. The molecule has 0 aliphatic rings. The fourth-order valence-corrected chi connectivity index (χ4v) is 3.48. The molecule has 3 rings (SSSR count). The van der Waals surface area contributed by atoms with Gasteiger partial charge in [-0.2, -0.15) is 8.75 Å². The van der Waals surface area contributed by atoms with Gasteiger partial charge in [-0.15, -0.1) is 0 Å². The van der Waals surface area contributed by atoms with Crippen LogP contribution in [0.25, 0.3) is 11.0 Å². The van der Waals surface area contributed by atoms with E-state index in [0.717, 1.165) is 29.8 Å². The van der Waals surface area contributed by atoms with Crippen LogP contribution < -0.4 is 5.32 Å². The molecule has 3 aromatic rings. The minimum absolute atomic E-state index is 0.680. The van der Waals surface area contributed by atoms with Gasteiger partial charge in [0, 0.05) is 24.5 Å². The second-order valence-electron chi connectivity index (χ2n) is 5.05. The number of anilines is 1. The lowest BCUT2D eigenvalue weighted by molar-refractivity contribution is 0.715.